The van der Waals surface area contributed by atoms with Crippen LogP contribution in [0.3, 0.4) is 0 Å². The lowest BCUT2D eigenvalue weighted by molar-refractivity contribution is -0.119. The lowest BCUT2D eigenvalue weighted by Gasteiger charge is -2.19. The summed E-state index contributed by atoms with van der Waals surface area (Å²) in [4.78, 5) is 17.6. The van der Waals surface area contributed by atoms with Crippen molar-refractivity contribution in [2.24, 2.45) is 7.05 Å². The van der Waals surface area contributed by atoms with E-state index in [9.17, 15) is 4.79 Å². The standard InChI is InChI=1S/C23H24N4O2S/c1-15-18(16(2)29-26-15)13-30-14-21(28)25-22(17-9-5-4-6-10-17)23-24-19-11-7-8-12-20(19)27(23)3/h4-12,22H,13-14H2,1-3H3,(H,25,28). The fourth-order valence-corrected chi connectivity index (χ4v) is 4.51. The van der Waals surface area contributed by atoms with Crippen LogP contribution in [0, 0.1) is 13.8 Å². The number of imidazole rings is 1. The van der Waals surface area contributed by atoms with Crippen molar-refractivity contribution in [2.45, 2.75) is 25.6 Å². The van der Waals surface area contributed by atoms with Crippen LogP contribution in [0.4, 0.5) is 0 Å². The zero-order valence-corrected chi connectivity index (χ0v) is 18.1. The Kier molecular flexibility index (Phi) is 5.90. The predicted molar refractivity (Wildman–Crippen MR) is 119 cm³/mol. The van der Waals surface area contributed by atoms with E-state index >= 15 is 0 Å². The number of nitrogens with one attached hydrogen (secondary N) is 1. The summed E-state index contributed by atoms with van der Waals surface area (Å²) in [6.07, 6.45) is 0. The Labute approximate surface area is 179 Å². The van der Waals surface area contributed by atoms with Crippen LogP contribution >= 0.6 is 11.8 Å². The number of thioether (sulfide) groups is 1. The zero-order valence-electron chi connectivity index (χ0n) is 17.3. The Hall–Kier alpha value is -3.06. The van der Waals surface area contributed by atoms with E-state index in [-0.39, 0.29) is 11.9 Å². The normalized spacial score (nSPS) is 12.2. The summed E-state index contributed by atoms with van der Waals surface area (Å²) in [7, 11) is 1.99. The van der Waals surface area contributed by atoms with Crippen molar-refractivity contribution in [1.82, 2.24) is 20.0 Å². The summed E-state index contributed by atoms with van der Waals surface area (Å²) in [5.41, 5.74) is 4.89. The maximum Gasteiger partial charge on any atom is 0.230 e. The second kappa shape index (κ2) is 8.75. The molecule has 1 atom stereocenters. The summed E-state index contributed by atoms with van der Waals surface area (Å²) in [6.45, 7) is 3.82. The summed E-state index contributed by atoms with van der Waals surface area (Å²) < 4.78 is 7.25. The molecule has 0 aliphatic heterocycles. The summed E-state index contributed by atoms with van der Waals surface area (Å²) >= 11 is 1.55. The van der Waals surface area contributed by atoms with Gasteiger partial charge in [0.05, 0.1) is 22.5 Å². The molecule has 1 amide bonds. The van der Waals surface area contributed by atoms with E-state index < -0.39 is 0 Å². The van der Waals surface area contributed by atoms with Crippen molar-refractivity contribution in [1.29, 1.82) is 0 Å². The maximum absolute atomic E-state index is 12.8. The Bertz CT molecular complexity index is 1150. The van der Waals surface area contributed by atoms with Crippen LogP contribution in [0.1, 0.15) is 34.4 Å². The van der Waals surface area contributed by atoms with Crippen LogP contribution in [-0.2, 0) is 17.6 Å². The molecule has 4 aromatic rings. The highest BCUT2D eigenvalue weighted by molar-refractivity contribution is 7.99. The van der Waals surface area contributed by atoms with E-state index in [2.05, 4.69) is 10.5 Å². The second-order valence-electron chi connectivity index (χ2n) is 7.22. The fraction of sp³-hybridized carbons (Fsp3) is 0.261. The first-order valence-corrected chi connectivity index (χ1v) is 10.9. The van der Waals surface area contributed by atoms with Gasteiger partial charge in [0.15, 0.2) is 0 Å². The molecule has 0 fully saturated rings. The largest absolute Gasteiger partial charge is 0.361 e. The third-order valence-corrected chi connectivity index (χ3v) is 6.14. The molecule has 0 aliphatic carbocycles. The van der Waals surface area contributed by atoms with Crippen molar-refractivity contribution in [2.75, 3.05) is 5.75 Å². The minimum absolute atomic E-state index is 0.0346. The molecule has 2 aromatic heterocycles. The molecule has 7 heteroatoms. The first-order chi connectivity index (χ1) is 14.5. The highest BCUT2D eigenvalue weighted by Gasteiger charge is 2.22. The van der Waals surface area contributed by atoms with Gasteiger partial charge in [0.1, 0.15) is 17.6 Å². The molecule has 6 nitrogen and oxygen atoms in total. The summed E-state index contributed by atoms with van der Waals surface area (Å²) in [6, 6.07) is 17.6. The molecule has 0 saturated carbocycles. The number of benzene rings is 2. The van der Waals surface area contributed by atoms with Crippen molar-refractivity contribution in [3.05, 3.63) is 83.0 Å². The lowest BCUT2D eigenvalue weighted by atomic mass is 10.1. The van der Waals surface area contributed by atoms with E-state index in [1.165, 1.54) is 0 Å². The van der Waals surface area contributed by atoms with E-state index in [1.807, 2.05) is 80.1 Å². The van der Waals surface area contributed by atoms with Gasteiger partial charge >= 0.3 is 0 Å². The molecule has 30 heavy (non-hydrogen) atoms. The van der Waals surface area contributed by atoms with Gasteiger partial charge < -0.3 is 14.4 Å². The Morgan fingerprint density at radius 3 is 2.57 bits per heavy atom. The molecular weight excluding hydrogens is 396 g/mol. The van der Waals surface area contributed by atoms with E-state index in [0.717, 1.165) is 39.4 Å². The van der Waals surface area contributed by atoms with Gasteiger partial charge in [-0.05, 0) is 31.5 Å². The van der Waals surface area contributed by atoms with E-state index in [0.29, 0.717) is 11.5 Å². The number of para-hydroxylation sites is 2. The van der Waals surface area contributed by atoms with Gasteiger partial charge in [-0.1, -0.05) is 47.6 Å². The van der Waals surface area contributed by atoms with Crippen molar-refractivity contribution in [3.8, 4) is 0 Å². The Balaban J connectivity index is 1.53. The van der Waals surface area contributed by atoms with Crippen LogP contribution in [0.2, 0.25) is 0 Å². The minimum atomic E-state index is -0.323. The summed E-state index contributed by atoms with van der Waals surface area (Å²) in [5.74, 6) is 2.62. The number of hydrogen-bond acceptors (Lipinski definition) is 5. The highest BCUT2D eigenvalue weighted by Crippen LogP contribution is 2.25. The van der Waals surface area contributed by atoms with Crippen molar-refractivity contribution in [3.63, 3.8) is 0 Å². The topological polar surface area (TPSA) is 73.0 Å². The van der Waals surface area contributed by atoms with Crippen LogP contribution in [0.5, 0.6) is 0 Å². The van der Waals surface area contributed by atoms with Crippen LogP contribution in [0.15, 0.2) is 59.1 Å². The Morgan fingerprint density at radius 1 is 1.13 bits per heavy atom. The number of carbonyl (C=O) groups is 1. The zero-order chi connectivity index (χ0) is 21.1. The molecule has 4 rings (SSSR count). The number of amides is 1. The molecule has 154 valence electrons. The SMILES string of the molecule is Cc1noc(C)c1CSCC(=O)NC(c1ccccc1)c1nc2ccccc2n1C. The number of rotatable bonds is 7. The van der Waals surface area contributed by atoms with Crippen LogP contribution < -0.4 is 5.32 Å². The van der Waals surface area contributed by atoms with Crippen LogP contribution in [0.25, 0.3) is 11.0 Å². The lowest BCUT2D eigenvalue weighted by Crippen LogP contribution is -2.32. The summed E-state index contributed by atoms with van der Waals surface area (Å²) in [5, 5.41) is 7.15. The molecule has 2 heterocycles. The predicted octanol–water partition coefficient (Wildman–Crippen LogP) is 4.32. The first-order valence-electron chi connectivity index (χ1n) is 9.79. The second-order valence-corrected chi connectivity index (χ2v) is 8.21. The monoisotopic (exact) mass is 420 g/mol. The van der Waals surface area contributed by atoms with Crippen LogP contribution in [-0.4, -0.2) is 26.4 Å². The molecule has 0 bridgehead atoms. The number of nitrogens with zero attached hydrogens (tertiary/aromatic N) is 3. The molecule has 0 saturated heterocycles. The number of aryl methyl sites for hydroxylation is 3. The molecule has 2 aromatic carbocycles. The van der Waals surface area contributed by atoms with E-state index in [1.54, 1.807) is 11.8 Å². The maximum atomic E-state index is 12.8. The molecule has 1 unspecified atom stereocenters. The van der Waals surface area contributed by atoms with Gasteiger partial charge in [-0.15, -0.1) is 11.8 Å². The smallest absolute Gasteiger partial charge is 0.230 e. The molecule has 1 N–H and O–H groups in total. The van der Waals surface area contributed by atoms with Gasteiger partial charge in [0, 0.05) is 18.4 Å². The van der Waals surface area contributed by atoms with E-state index in [4.69, 9.17) is 9.51 Å². The van der Waals surface area contributed by atoms with Gasteiger partial charge in [-0.25, -0.2) is 4.98 Å². The van der Waals surface area contributed by atoms with Gasteiger partial charge in [-0.2, -0.15) is 0 Å². The third kappa shape index (κ3) is 4.11. The molecule has 0 spiro atoms. The van der Waals surface area contributed by atoms with Gasteiger partial charge in [-0.3, -0.25) is 4.79 Å². The quantitative estimate of drug-likeness (QED) is 0.482. The van der Waals surface area contributed by atoms with Crippen molar-refractivity contribution < 1.29 is 9.32 Å². The first kappa shape index (κ1) is 20.2. The highest BCUT2D eigenvalue weighted by atomic mass is 32.2. The molecule has 0 radical (unpaired) electrons. The number of hydrogen-bond donors (Lipinski definition) is 1. The van der Waals surface area contributed by atoms with Gasteiger partial charge in [0.25, 0.3) is 0 Å². The average molecular weight is 421 g/mol. The fourth-order valence-electron chi connectivity index (χ4n) is 3.52. The van der Waals surface area contributed by atoms with Crippen molar-refractivity contribution >= 4 is 28.7 Å². The minimum Gasteiger partial charge on any atom is -0.361 e. The Morgan fingerprint density at radius 2 is 1.87 bits per heavy atom. The number of aromatic nitrogens is 3. The van der Waals surface area contributed by atoms with Gasteiger partial charge in [0.2, 0.25) is 5.91 Å². The number of carbonyl (C=O) groups excluding carboxylic acids is 1. The average Bonchev–Trinajstić information content (AvgIpc) is 3.26. The molecule has 0 aliphatic rings. The molecular formula is C23H24N4O2S. The number of fused-ring (bicyclic) bond motifs is 1. The third-order valence-electron chi connectivity index (χ3n) is 5.18.